The first-order valence-corrected chi connectivity index (χ1v) is 9.34. The molecule has 4 nitrogen and oxygen atoms in total. The topological polar surface area (TPSA) is 66.8 Å². The summed E-state index contributed by atoms with van der Waals surface area (Å²) < 4.78 is 5.64. The number of ether oxygens (including phenoxy) is 1. The van der Waals surface area contributed by atoms with Gasteiger partial charge in [-0.15, -0.1) is 0 Å². The number of carboxylic acids is 1. The predicted octanol–water partition coefficient (Wildman–Crippen LogP) is 4.69. The molecule has 1 aromatic carbocycles. The number of hydrogen-bond donors (Lipinski definition) is 2. The van der Waals surface area contributed by atoms with Crippen LogP contribution in [-0.2, 0) is 11.2 Å². The zero-order valence-electron chi connectivity index (χ0n) is 15.9. The van der Waals surface area contributed by atoms with Crippen LogP contribution in [0, 0.1) is 17.3 Å². The maximum Gasteiger partial charge on any atom is 0.307 e. The largest absolute Gasteiger partial charge is 0.504 e. The van der Waals surface area contributed by atoms with Crippen molar-refractivity contribution >= 4 is 5.97 Å². The van der Waals surface area contributed by atoms with Crippen LogP contribution in [0.25, 0.3) is 0 Å². The zero-order valence-corrected chi connectivity index (χ0v) is 15.9. The quantitative estimate of drug-likeness (QED) is 0.833. The number of fused-ring (bicyclic) bond motifs is 3. The summed E-state index contributed by atoms with van der Waals surface area (Å²) in [6, 6.07) is 2.08. The molecule has 0 radical (unpaired) electrons. The highest BCUT2D eigenvalue weighted by Crippen LogP contribution is 2.59. The number of aliphatic carboxylic acids is 1. The lowest BCUT2D eigenvalue weighted by atomic mass is 9.54. The van der Waals surface area contributed by atoms with Gasteiger partial charge in [-0.25, -0.2) is 0 Å². The third kappa shape index (κ3) is 2.80. The minimum Gasteiger partial charge on any atom is -0.504 e. The highest BCUT2D eigenvalue weighted by Gasteiger charge is 2.50. The van der Waals surface area contributed by atoms with E-state index in [1.54, 1.807) is 7.11 Å². The number of rotatable bonds is 3. The van der Waals surface area contributed by atoms with E-state index in [0.717, 1.165) is 36.0 Å². The van der Waals surface area contributed by atoms with Gasteiger partial charge >= 0.3 is 5.97 Å². The van der Waals surface area contributed by atoms with Gasteiger partial charge in [-0.1, -0.05) is 33.8 Å². The SMILES string of the molecule is COc1c(O)c(C(C)C)cc2c1C1[C@@H](CC2)C(C)(C)CC[C@H]1C(=O)O. The number of benzene rings is 1. The molecule has 2 N–H and O–H groups in total. The third-order valence-electron chi connectivity index (χ3n) is 6.58. The fourth-order valence-electron chi connectivity index (χ4n) is 5.18. The molecule has 25 heavy (non-hydrogen) atoms. The first kappa shape index (κ1) is 18.1. The molecule has 1 saturated carbocycles. The van der Waals surface area contributed by atoms with E-state index < -0.39 is 11.9 Å². The van der Waals surface area contributed by atoms with Crippen LogP contribution < -0.4 is 4.74 Å². The number of phenolic OH excluding ortho intramolecular Hbond substituents is 1. The molecular formula is C21H30O4. The second kappa shape index (κ2) is 6.22. The molecule has 0 aromatic heterocycles. The van der Waals surface area contributed by atoms with E-state index in [1.165, 1.54) is 0 Å². The van der Waals surface area contributed by atoms with Crippen LogP contribution in [-0.4, -0.2) is 23.3 Å². The van der Waals surface area contributed by atoms with E-state index >= 15 is 0 Å². The Labute approximate surface area is 150 Å². The second-order valence-electron chi connectivity index (χ2n) is 8.72. The Morgan fingerprint density at radius 2 is 2.00 bits per heavy atom. The molecule has 0 aliphatic heterocycles. The molecule has 0 spiro atoms. The van der Waals surface area contributed by atoms with Crippen LogP contribution in [0.15, 0.2) is 6.07 Å². The van der Waals surface area contributed by atoms with Gasteiger partial charge in [0, 0.05) is 17.0 Å². The van der Waals surface area contributed by atoms with E-state index in [9.17, 15) is 15.0 Å². The summed E-state index contributed by atoms with van der Waals surface area (Å²) >= 11 is 0. The Balaban J connectivity index is 2.23. The van der Waals surface area contributed by atoms with E-state index in [4.69, 9.17) is 4.74 Å². The van der Waals surface area contributed by atoms with E-state index in [1.807, 2.05) is 0 Å². The molecule has 0 amide bonds. The summed E-state index contributed by atoms with van der Waals surface area (Å²) in [7, 11) is 1.58. The van der Waals surface area contributed by atoms with E-state index in [2.05, 4.69) is 33.8 Å². The van der Waals surface area contributed by atoms with Crippen molar-refractivity contribution in [3.8, 4) is 11.5 Å². The third-order valence-corrected chi connectivity index (χ3v) is 6.58. The molecule has 0 bridgehead atoms. The van der Waals surface area contributed by atoms with Gasteiger partial charge in [0.05, 0.1) is 13.0 Å². The van der Waals surface area contributed by atoms with E-state index in [-0.39, 0.29) is 23.0 Å². The summed E-state index contributed by atoms with van der Waals surface area (Å²) in [5.41, 5.74) is 3.09. The average molecular weight is 346 g/mol. The van der Waals surface area contributed by atoms with Gasteiger partial charge in [0.25, 0.3) is 0 Å². The maximum atomic E-state index is 12.0. The van der Waals surface area contributed by atoms with Gasteiger partial charge in [0.1, 0.15) is 0 Å². The molecule has 4 heteroatoms. The summed E-state index contributed by atoms with van der Waals surface area (Å²) in [4.78, 5) is 12.0. The number of carboxylic acid groups (broad SMARTS) is 1. The van der Waals surface area contributed by atoms with Crippen LogP contribution in [0.3, 0.4) is 0 Å². The fraction of sp³-hybridized carbons (Fsp3) is 0.667. The van der Waals surface area contributed by atoms with Crippen molar-refractivity contribution in [2.45, 2.75) is 65.2 Å². The van der Waals surface area contributed by atoms with Crippen molar-refractivity contribution in [2.75, 3.05) is 7.11 Å². The van der Waals surface area contributed by atoms with Gasteiger partial charge in [-0.05, 0) is 48.5 Å². The number of hydrogen-bond acceptors (Lipinski definition) is 3. The molecule has 2 aliphatic rings. The van der Waals surface area contributed by atoms with Gasteiger partial charge in [0.2, 0.25) is 0 Å². The number of aromatic hydroxyl groups is 1. The Hall–Kier alpha value is -1.71. The molecular weight excluding hydrogens is 316 g/mol. The van der Waals surface area contributed by atoms with Crippen LogP contribution in [0.2, 0.25) is 0 Å². The van der Waals surface area contributed by atoms with Crippen LogP contribution in [0.5, 0.6) is 11.5 Å². The van der Waals surface area contributed by atoms with Crippen molar-refractivity contribution < 1.29 is 19.7 Å². The van der Waals surface area contributed by atoms with Crippen LogP contribution >= 0.6 is 0 Å². The summed E-state index contributed by atoms with van der Waals surface area (Å²) in [5, 5.41) is 20.6. The fourth-order valence-corrected chi connectivity index (χ4v) is 5.18. The number of methoxy groups -OCH3 is 1. The first-order chi connectivity index (χ1) is 11.7. The van der Waals surface area contributed by atoms with Gasteiger partial charge in [-0.3, -0.25) is 4.79 Å². The average Bonchev–Trinajstić information content (AvgIpc) is 2.53. The number of carbonyl (C=O) groups is 1. The Kier molecular flexibility index (Phi) is 4.50. The van der Waals surface area contributed by atoms with Crippen molar-refractivity contribution in [1.82, 2.24) is 0 Å². The lowest BCUT2D eigenvalue weighted by molar-refractivity contribution is -0.146. The molecule has 3 atom stereocenters. The molecule has 1 fully saturated rings. The highest BCUT2D eigenvalue weighted by molar-refractivity contribution is 5.73. The van der Waals surface area contributed by atoms with Gasteiger partial charge in [0.15, 0.2) is 11.5 Å². The molecule has 1 aromatic rings. The summed E-state index contributed by atoms with van der Waals surface area (Å²) in [5.74, 6) is -0.0533. The van der Waals surface area contributed by atoms with Gasteiger partial charge in [-0.2, -0.15) is 0 Å². The molecule has 138 valence electrons. The monoisotopic (exact) mass is 346 g/mol. The van der Waals surface area contributed by atoms with Crippen molar-refractivity contribution in [3.05, 3.63) is 22.8 Å². The van der Waals surface area contributed by atoms with Crippen LogP contribution in [0.1, 0.15) is 75.5 Å². The normalized spacial score (nSPS) is 27.5. The highest BCUT2D eigenvalue weighted by atomic mass is 16.5. The van der Waals surface area contributed by atoms with E-state index in [0.29, 0.717) is 18.1 Å². The second-order valence-corrected chi connectivity index (χ2v) is 8.72. The van der Waals surface area contributed by atoms with Crippen molar-refractivity contribution in [2.24, 2.45) is 17.3 Å². The smallest absolute Gasteiger partial charge is 0.307 e. The summed E-state index contributed by atoms with van der Waals surface area (Å²) in [6.45, 7) is 8.61. The maximum absolute atomic E-state index is 12.0. The standard InChI is InChI=1S/C21H30O4/c1-11(2)14-10-12-6-7-15-17(16(12)19(25-5)18(14)22)13(20(23)24)8-9-21(15,3)4/h10-11,13,15,17,22H,6-9H2,1-5H3,(H,23,24)/t13-,15-,17?/m1/s1. The number of phenols is 1. The van der Waals surface area contributed by atoms with Gasteiger partial charge < -0.3 is 14.9 Å². The number of aryl methyl sites for hydroxylation is 1. The zero-order chi connectivity index (χ0) is 18.5. The predicted molar refractivity (Wildman–Crippen MR) is 97.4 cm³/mol. The van der Waals surface area contributed by atoms with Crippen LogP contribution in [0.4, 0.5) is 0 Å². The minimum absolute atomic E-state index is 0.0907. The Bertz CT molecular complexity index is 690. The molecule has 2 aliphatic carbocycles. The minimum atomic E-state index is -0.729. The lowest BCUT2D eigenvalue weighted by Gasteiger charge is -2.50. The Morgan fingerprint density at radius 3 is 2.56 bits per heavy atom. The van der Waals surface area contributed by atoms with Crippen molar-refractivity contribution in [3.63, 3.8) is 0 Å². The molecule has 3 rings (SSSR count). The Morgan fingerprint density at radius 1 is 1.32 bits per heavy atom. The molecule has 0 saturated heterocycles. The lowest BCUT2D eigenvalue weighted by Crippen LogP contribution is -2.43. The molecule has 1 unspecified atom stereocenters. The van der Waals surface area contributed by atoms with Crippen molar-refractivity contribution in [1.29, 1.82) is 0 Å². The summed E-state index contributed by atoms with van der Waals surface area (Å²) in [6.07, 6.45) is 3.53. The first-order valence-electron chi connectivity index (χ1n) is 9.34. The molecule has 0 heterocycles.